The van der Waals surface area contributed by atoms with Crippen molar-refractivity contribution in [1.82, 2.24) is 4.90 Å². The molecule has 110 valence electrons. The van der Waals surface area contributed by atoms with Gasteiger partial charge in [0.15, 0.2) is 0 Å². The van der Waals surface area contributed by atoms with E-state index in [2.05, 4.69) is 36.2 Å². The van der Waals surface area contributed by atoms with Crippen LogP contribution >= 0.6 is 0 Å². The Morgan fingerprint density at radius 1 is 1.14 bits per heavy atom. The Kier molecular flexibility index (Phi) is 4.95. The molecule has 4 N–H and O–H groups in total. The van der Waals surface area contributed by atoms with Gasteiger partial charge in [0.05, 0.1) is 0 Å². The highest BCUT2D eigenvalue weighted by atomic mass is 16.1. The van der Waals surface area contributed by atoms with Crippen LogP contribution in [0.1, 0.15) is 21.5 Å². The van der Waals surface area contributed by atoms with Gasteiger partial charge in [-0.3, -0.25) is 4.79 Å². The Morgan fingerprint density at radius 3 is 2.48 bits per heavy atom. The third-order valence-electron chi connectivity index (χ3n) is 3.50. The van der Waals surface area contributed by atoms with Crippen molar-refractivity contribution < 1.29 is 4.79 Å². The van der Waals surface area contributed by atoms with Gasteiger partial charge in [-0.25, -0.2) is 0 Å². The molecule has 0 saturated carbocycles. The third kappa shape index (κ3) is 4.33. The predicted octanol–water partition coefficient (Wildman–Crippen LogP) is 2.04. The number of nitrogen functional groups attached to an aromatic ring is 1. The van der Waals surface area contributed by atoms with Crippen LogP contribution in [0, 0.1) is 0 Å². The van der Waals surface area contributed by atoms with Gasteiger partial charge in [-0.05, 0) is 36.7 Å². The summed E-state index contributed by atoms with van der Waals surface area (Å²) in [6, 6.07) is 15.6. The molecule has 0 saturated heterocycles. The zero-order valence-corrected chi connectivity index (χ0v) is 12.3. The highest BCUT2D eigenvalue weighted by molar-refractivity contribution is 5.93. The van der Waals surface area contributed by atoms with Crippen molar-refractivity contribution in [3.05, 3.63) is 65.2 Å². The van der Waals surface area contributed by atoms with Crippen LogP contribution in [0.3, 0.4) is 0 Å². The summed E-state index contributed by atoms with van der Waals surface area (Å²) < 4.78 is 0. The van der Waals surface area contributed by atoms with E-state index < -0.39 is 5.91 Å². The molecule has 21 heavy (non-hydrogen) atoms. The number of amides is 1. The third-order valence-corrected chi connectivity index (χ3v) is 3.50. The number of nitrogens with two attached hydrogens (primary N) is 2. The summed E-state index contributed by atoms with van der Waals surface area (Å²) in [7, 11) is 2.06. The second-order valence-electron chi connectivity index (χ2n) is 5.25. The molecule has 2 aromatic carbocycles. The Morgan fingerprint density at radius 2 is 1.86 bits per heavy atom. The van der Waals surface area contributed by atoms with Crippen molar-refractivity contribution in [2.75, 3.05) is 19.3 Å². The molecule has 0 spiro atoms. The zero-order chi connectivity index (χ0) is 15.2. The van der Waals surface area contributed by atoms with E-state index in [1.807, 2.05) is 12.1 Å². The minimum atomic E-state index is -0.453. The average molecular weight is 283 g/mol. The van der Waals surface area contributed by atoms with E-state index >= 15 is 0 Å². The number of benzene rings is 2. The lowest BCUT2D eigenvalue weighted by molar-refractivity contribution is 0.100. The van der Waals surface area contributed by atoms with Crippen LogP contribution in [0.25, 0.3) is 0 Å². The number of hydrogen-bond acceptors (Lipinski definition) is 3. The van der Waals surface area contributed by atoms with Crippen molar-refractivity contribution >= 4 is 11.6 Å². The molecule has 0 radical (unpaired) electrons. The summed E-state index contributed by atoms with van der Waals surface area (Å²) in [4.78, 5) is 13.3. The lowest BCUT2D eigenvalue weighted by atomic mass is 10.1. The number of primary amides is 1. The van der Waals surface area contributed by atoms with Gasteiger partial charge < -0.3 is 16.4 Å². The van der Waals surface area contributed by atoms with Gasteiger partial charge in [-0.1, -0.05) is 36.4 Å². The summed E-state index contributed by atoms with van der Waals surface area (Å²) >= 11 is 0. The molecule has 2 aromatic rings. The second-order valence-corrected chi connectivity index (χ2v) is 5.25. The van der Waals surface area contributed by atoms with Gasteiger partial charge in [0, 0.05) is 24.3 Å². The highest BCUT2D eigenvalue weighted by Gasteiger charge is 2.07. The number of rotatable bonds is 6. The molecular formula is C17H21N3O. The minimum absolute atomic E-state index is 0.447. The molecule has 4 heteroatoms. The smallest absolute Gasteiger partial charge is 0.248 e. The maximum absolute atomic E-state index is 11.1. The van der Waals surface area contributed by atoms with E-state index in [0.717, 1.165) is 25.1 Å². The number of likely N-dealkylation sites (N-methyl/N-ethyl adjacent to an activating group) is 1. The van der Waals surface area contributed by atoms with Crippen LogP contribution in [0.2, 0.25) is 0 Å². The van der Waals surface area contributed by atoms with Crippen LogP contribution in [0.4, 0.5) is 5.69 Å². The van der Waals surface area contributed by atoms with Crippen LogP contribution in [-0.2, 0) is 13.0 Å². The van der Waals surface area contributed by atoms with Crippen LogP contribution in [0.5, 0.6) is 0 Å². The topological polar surface area (TPSA) is 72.3 Å². The predicted molar refractivity (Wildman–Crippen MR) is 85.9 cm³/mol. The Labute approximate surface area is 125 Å². The summed E-state index contributed by atoms with van der Waals surface area (Å²) in [6.45, 7) is 1.69. The van der Waals surface area contributed by atoms with E-state index in [1.165, 1.54) is 5.56 Å². The first-order valence-corrected chi connectivity index (χ1v) is 6.97. The first-order valence-electron chi connectivity index (χ1n) is 6.97. The zero-order valence-electron chi connectivity index (χ0n) is 12.3. The fraction of sp³-hybridized carbons (Fsp3) is 0.235. The number of hydrogen-bond donors (Lipinski definition) is 2. The minimum Gasteiger partial charge on any atom is -0.398 e. The van der Waals surface area contributed by atoms with E-state index in [9.17, 15) is 4.79 Å². The number of anilines is 1. The van der Waals surface area contributed by atoms with Gasteiger partial charge in [-0.2, -0.15) is 0 Å². The molecule has 0 fully saturated rings. The van der Waals surface area contributed by atoms with E-state index in [0.29, 0.717) is 11.3 Å². The van der Waals surface area contributed by atoms with Gasteiger partial charge in [0.2, 0.25) is 5.91 Å². The standard InChI is InChI=1S/C17H21N3O/c1-20(10-9-13-5-3-2-4-6-13)12-15-8-7-14(17(19)21)11-16(15)18/h2-8,11H,9-10,12,18H2,1H3,(H2,19,21). The molecule has 2 rings (SSSR count). The molecule has 0 aliphatic carbocycles. The Balaban J connectivity index is 1.93. The molecule has 0 bridgehead atoms. The SMILES string of the molecule is CN(CCc1ccccc1)Cc1ccc(C(N)=O)cc1N. The molecule has 4 nitrogen and oxygen atoms in total. The maximum Gasteiger partial charge on any atom is 0.248 e. The van der Waals surface area contributed by atoms with E-state index in [-0.39, 0.29) is 0 Å². The van der Waals surface area contributed by atoms with E-state index in [4.69, 9.17) is 11.5 Å². The summed E-state index contributed by atoms with van der Waals surface area (Å²) in [5.74, 6) is -0.453. The van der Waals surface area contributed by atoms with Gasteiger partial charge in [0.25, 0.3) is 0 Å². The van der Waals surface area contributed by atoms with Crippen molar-refractivity contribution in [3.63, 3.8) is 0 Å². The number of carbonyl (C=O) groups excluding carboxylic acids is 1. The van der Waals surface area contributed by atoms with Gasteiger partial charge >= 0.3 is 0 Å². The fourth-order valence-corrected chi connectivity index (χ4v) is 2.23. The molecule has 0 aliphatic rings. The summed E-state index contributed by atoms with van der Waals surface area (Å²) in [6.07, 6.45) is 0.997. The Hall–Kier alpha value is -2.33. The largest absolute Gasteiger partial charge is 0.398 e. The molecular weight excluding hydrogens is 262 g/mol. The molecule has 1 amide bonds. The molecule has 0 aliphatic heterocycles. The molecule has 0 heterocycles. The second kappa shape index (κ2) is 6.90. The molecule has 0 atom stereocenters. The van der Waals surface area contributed by atoms with Crippen LogP contribution in [-0.4, -0.2) is 24.4 Å². The first-order chi connectivity index (χ1) is 10.1. The maximum atomic E-state index is 11.1. The van der Waals surface area contributed by atoms with Crippen molar-refractivity contribution in [1.29, 1.82) is 0 Å². The van der Waals surface area contributed by atoms with Gasteiger partial charge in [0.1, 0.15) is 0 Å². The monoisotopic (exact) mass is 283 g/mol. The quantitative estimate of drug-likeness (QED) is 0.797. The normalized spacial score (nSPS) is 10.8. The summed E-state index contributed by atoms with van der Waals surface area (Å²) in [5.41, 5.74) is 14.6. The molecule has 0 aromatic heterocycles. The fourth-order valence-electron chi connectivity index (χ4n) is 2.23. The van der Waals surface area contributed by atoms with Crippen molar-refractivity contribution in [2.24, 2.45) is 5.73 Å². The average Bonchev–Trinajstić information content (AvgIpc) is 2.48. The summed E-state index contributed by atoms with van der Waals surface area (Å²) in [5, 5.41) is 0. The highest BCUT2D eigenvalue weighted by Crippen LogP contribution is 2.16. The first kappa shape index (κ1) is 15.1. The van der Waals surface area contributed by atoms with Crippen LogP contribution < -0.4 is 11.5 Å². The lowest BCUT2D eigenvalue weighted by Crippen LogP contribution is -2.21. The van der Waals surface area contributed by atoms with Crippen LogP contribution in [0.15, 0.2) is 48.5 Å². The van der Waals surface area contributed by atoms with E-state index in [1.54, 1.807) is 12.1 Å². The number of carbonyl (C=O) groups is 1. The lowest BCUT2D eigenvalue weighted by Gasteiger charge is -2.18. The molecule has 0 unspecified atom stereocenters. The van der Waals surface area contributed by atoms with Gasteiger partial charge in [-0.15, -0.1) is 0 Å². The van der Waals surface area contributed by atoms with Crippen molar-refractivity contribution in [2.45, 2.75) is 13.0 Å². The van der Waals surface area contributed by atoms with Crippen molar-refractivity contribution in [3.8, 4) is 0 Å². The number of nitrogens with zero attached hydrogens (tertiary/aromatic N) is 1. The Bertz CT molecular complexity index is 611.